The smallest absolute Gasteiger partial charge is 0.168 e. The van der Waals surface area contributed by atoms with Gasteiger partial charge in [-0.05, 0) is 13.8 Å². The summed E-state index contributed by atoms with van der Waals surface area (Å²) in [6.45, 7) is 3.71. The Morgan fingerprint density at radius 1 is 1.21 bits per heavy atom. The lowest BCUT2D eigenvalue weighted by molar-refractivity contribution is 0.556. The number of thiazole rings is 1. The number of anilines is 2. The van der Waals surface area contributed by atoms with Crippen molar-refractivity contribution in [2.75, 3.05) is 17.7 Å². The van der Waals surface area contributed by atoms with E-state index in [-0.39, 0.29) is 11.6 Å². The fourth-order valence-electron chi connectivity index (χ4n) is 1.61. The number of halogens is 2. The first-order chi connectivity index (χ1) is 8.94. The van der Waals surface area contributed by atoms with Crippen molar-refractivity contribution in [2.45, 2.75) is 19.4 Å². The standard InChI is InChI=1S/C12H14F2N4S/c1-12(2,11-16-4-5-19-11)18-10-8(14)6-7(13)9(15-3)17-10/h4-6H,1-3H3,(H2,15,17,18). The van der Waals surface area contributed by atoms with Crippen LogP contribution in [-0.2, 0) is 5.54 Å². The van der Waals surface area contributed by atoms with Crippen LogP contribution in [0.15, 0.2) is 17.6 Å². The number of hydrogen-bond acceptors (Lipinski definition) is 5. The molecule has 0 saturated heterocycles. The molecule has 2 heterocycles. The SMILES string of the molecule is CNc1nc(NC(C)(C)c2nccs2)c(F)cc1F. The van der Waals surface area contributed by atoms with Gasteiger partial charge in [0, 0.05) is 24.7 Å². The first-order valence-electron chi connectivity index (χ1n) is 5.66. The van der Waals surface area contributed by atoms with Gasteiger partial charge in [0.1, 0.15) is 5.01 Å². The minimum absolute atomic E-state index is 0.00108. The largest absolute Gasteiger partial charge is 0.371 e. The normalized spacial score (nSPS) is 11.4. The highest BCUT2D eigenvalue weighted by molar-refractivity contribution is 7.09. The molecule has 102 valence electrons. The Hall–Kier alpha value is -1.76. The summed E-state index contributed by atoms with van der Waals surface area (Å²) in [5.41, 5.74) is -0.592. The maximum absolute atomic E-state index is 13.7. The molecule has 0 spiro atoms. The molecular weight excluding hydrogens is 270 g/mol. The third-order valence-corrected chi connectivity index (χ3v) is 3.66. The average Bonchev–Trinajstić information content (AvgIpc) is 2.87. The Labute approximate surface area is 113 Å². The lowest BCUT2D eigenvalue weighted by atomic mass is 10.1. The predicted molar refractivity (Wildman–Crippen MR) is 72.5 cm³/mol. The second-order valence-electron chi connectivity index (χ2n) is 4.49. The molecular formula is C12H14F2N4S. The lowest BCUT2D eigenvalue weighted by Crippen LogP contribution is -2.29. The van der Waals surface area contributed by atoms with Gasteiger partial charge in [0.25, 0.3) is 0 Å². The van der Waals surface area contributed by atoms with E-state index in [4.69, 9.17) is 0 Å². The summed E-state index contributed by atoms with van der Waals surface area (Å²) in [6.07, 6.45) is 1.68. The Morgan fingerprint density at radius 2 is 1.89 bits per heavy atom. The van der Waals surface area contributed by atoms with Crippen LogP contribution in [0, 0.1) is 11.6 Å². The third kappa shape index (κ3) is 2.81. The molecule has 0 unspecified atom stereocenters. The molecule has 0 bridgehead atoms. The topological polar surface area (TPSA) is 49.8 Å². The summed E-state index contributed by atoms with van der Waals surface area (Å²) >= 11 is 1.45. The fourth-order valence-corrected chi connectivity index (χ4v) is 2.33. The molecule has 0 radical (unpaired) electrons. The fraction of sp³-hybridized carbons (Fsp3) is 0.333. The van der Waals surface area contributed by atoms with Gasteiger partial charge in [-0.25, -0.2) is 18.7 Å². The second-order valence-corrected chi connectivity index (χ2v) is 5.38. The van der Waals surface area contributed by atoms with E-state index in [9.17, 15) is 8.78 Å². The number of aromatic nitrogens is 2. The zero-order valence-electron chi connectivity index (χ0n) is 10.8. The molecule has 4 nitrogen and oxygen atoms in total. The van der Waals surface area contributed by atoms with Crippen molar-refractivity contribution in [1.82, 2.24) is 9.97 Å². The molecule has 0 atom stereocenters. The van der Waals surface area contributed by atoms with Crippen molar-refractivity contribution in [2.24, 2.45) is 0 Å². The predicted octanol–water partition coefficient (Wildman–Crippen LogP) is 3.21. The zero-order valence-corrected chi connectivity index (χ0v) is 11.6. The van der Waals surface area contributed by atoms with Gasteiger partial charge in [-0.2, -0.15) is 0 Å². The highest BCUT2D eigenvalue weighted by atomic mass is 32.1. The number of pyridine rings is 1. The van der Waals surface area contributed by atoms with Crippen molar-refractivity contribution < 1.29 is 8.78 Å². The quantitative estimate of drug-likeness (QED) is 0.905. The van der Waals surface area contributed by atoms with Gasteiger partial charge in [0.2, 0.25) is 0 Å². The van der Waals surface area contributed by atoms with Gasteiger partial charge in [0.15, 0.2) is 23.3 Å². The van der Waals surface area contributed by atoms with E-state index in [0.29, 0.717) is 0 Å². The third-order valence-electron chi connectivity index (χ3n) is 2.56. The summed E-state index contributed by atoms with van der Waals surface area (Å²) < 4.78 is 27.1. The van der Waals surface area contributed by atoms with Crippen LogP contribution in [-0.4, -0.2) is 17.0 Å². The van der Waals surface area contributed by atoms with E-state index in [1.54, 1.807) is 6.20 Å². The maximum atomic E-state index is 13.7. The van der Waals surface area contributed by atoms with Gasteiger partial charge in [0.05, 0.1) is 5.54 Å². The lowest BCUT2D eigenvalue weighted by Gasteiger charge is -2.25. The molecule has 0 amide bonds. The molecule has 2 rings (SSSR count). The zero-order chi connectivity index (χ0) is 14.0. The van der Waals surface area contributed by atoms with E-state index in [0.717, 1.165) is 11.1 Å². The van der Waals surface area contributed by atoms with E-state index < -0.39 is 17.2 Å². The van der Waals surface area contributed by atoms with Crippen molar-refractivity contribution in [3.63, 3.8) is 0 Å². The molecule has 0 aliphatic carbocycles. The Bertz CT molecular complexity index is 569. The molecule has 2 aromatic rings. The maximum Gasteiger partial charge on any atom is 0.168 e. The highest BCUT2D eigenvalue weighted by Gasteiger charge is 2.25. The van der Waals surface area contributed by atoms with Crippen molar-refractivity contribution in [3.05, 3.63) is 34.3 Å². The molecule has 0 fully saturated rings. The van der Waals surface area contributed by atoms with Gasteiger partial charge in [-0.15, -0.1) is 11.3 Å². The van der Waals surface area contributed by atoms with E-state index in [1.165, 1.54) is 18.4 Å². The minimum atomic E-state index is -0.735. The van der Waals surface area contributed by atoms with Crippen LogP contribution >= 0.6 is 11.3 Å². The molecule has 2 N–H and O–H groups in total. The van der Waals surface area contributed by atoms with Crippen molar-refractivity contribution >= 4 is 23.0 Å². The summed E-state index contributed by atoms with van der Waals surface area (Å²) in [5, 5.41) is 8.16. The van der Waals surface area contributed by atoms with Gasteiger partial charge in [-0.1, -0.05) is 0 Å². The van der Waals surface area contributed by atoms with Crippen LogP contribution in [0.4, 0.5) is 20.4 Å². The van der Waals surface area contributed by atoms with Gasteiger partial charge >= 0.3 is 0 Å². The Kier molecular flexibility index (Phi) is 3.66. The highest BCUT2D eigenvalue weighted by Crippen LogP contribution is 2.28. The van der Waals surface area contributed by atoms with Crippen LogP contribution in [0.5, 0.6) is 0 Å². The second kappa shape index (κ2) is 5.08. The number of nitrogens with one attached hydrogen (secondary N) is 2. The molecule has 0 aliphatic heterocycles. The summed E-state index contributed by atoms with van der Waals surface area (Å²) in [6, 6.07) is 0.805. The van der Waals surface area contributed by atoms with E-state index >= 15 is 0 Å². The number of nitrogens with zero attached hydrogens (tertiary/aromatic N) is 2. The molecule has 0 aliphatic rings. The summed E-state index contributed by atoms with van der Waals surface area (Å²) in [4.78, 5) is 8.08. The van der Waals surface area contributed by atoms with Crippen molar-refractivity contribution in [3.8, 4) is 0 Å². The van der Waals surface area contributed by atoms with E-state index in [2.05, 4.69) is 20.6 Å². The van der Waals surface area contributed by atoms with Gasteiger partial charge < -0.3 is 10.6 Å². The summed E-state index contributed by atoms with van der Waals surface area (Å²) in [5.74, 6) is -1.47. The monoisotopic (exact) mass is 284 g/mol. The van der Waals surface area contributed by atoms with Crippen LogP contribution in [0.3, 0.4) is 0 Å². The number of hydrogen-bond donors (Lipinski definition) is 2. The van der Waals surface area contributed by atoms with Crippen molar-refractivity contribution in [1.29, 1.82) is 0 Å². The summed E-state index contributed by atoms with van der Waals surface area (Å²) in [7, 11) is 1.53. The first kappa shape index (κ1) is 13.7. The van der Waals surface area contributed by atoms with Crippen LogP contribution in [0.1, 0.15) is 18.9 Å². The van der Waals surface area contributed by atoms with Crippen LogP contribution < -0.4 is 10.6 Å². The van der Waals surface area contributed by atoms with E-state index in [1.807, 2.05) is 19.2 Å². The Balaban J connectivity index is 2.33. The number of rotatable bonds is 4. The Morgan fingerprint density at radius 3 is 2.47 bits per heavy atom. The van der Waals surface area contributed by atoms with Crippen LogP contribution in [0.2, 0.25) is 0 Å². The average molecular weight is 284 g/mol. The van der Waals surface area contributed by atoms with Crippen LogP contribution in [0.25, 0.3) is 0 Å². The molecule has 19 heavy (non-hydrogen) atoms. The molecule has 7 heteroatoms. The minimum Gasteiger partial charge on any atom is -0.371 e. The molecule has 0 saturated carbocycles. The molecule has 2 aromatic heterocycles. The first-order valence-corrected chi connectivity index (χ1v) is 6.54. The molecule has 0 aromatic carbocycles. The van der Waals surface area contributed by atoms with Gasteiger partial charge in [-0.3, -0.25) is 0 Å².